The van der Waals surface area contributed by atoms with Crippen molar-refractivity contribution < 1.29 is 24.2 Å². The van der Waals surface area contributed by atoms with Gasteiger partial charge in [0.15, 0.2) is 5.69 Å². The van der Waals surface area contributed by atoms with Crippen molar-refractivity contribution in [1.29, 1.82) is 0 Å². The van der Waals surface area contributed by atoms with Gasteiger partial charge in [0.2, 0.25) is 0 Å². The Hall–Kier alpha value is -4.14. The Morgan fingerprint density at radius 1 is 1.09 bits per heavy atom. The number of aromatic hydroxyl groups is 1. The van der Waals surface area contributed by atoms with Crippen molar-refractivity contribution in [2.24, 2.45) is 7.05 Å². The minimum atomic E-state index is -1.14. The minimum absolute atomic E-state index is 0.306. The molecule has 3 rings (SSSR count). The molecular formula is C24H24FN3O5. The van der Waals surface area contributed by atoms with Crippen molar-refractivity contribution in [1.82, 2.24) is 9.88 Å². The van der Waals surface area contributed by atoms with Gasteiger partial charge in [-0.3, -0.25) is 9.59 Å². The fourth-order valence-electron chi connectivity index (χ4n) is 3.49. The summed E-state index contributed by atoms with van der Waals surface area (Å²) in [4.78, 5) is 36.4. The van der Waals surface area contributed by atoms with Crippen LogP contribution in [-0.4, -0.2) is 26.8 Å². The topological polar surface area (TPSA) is 121 Å². The molecule has 8 nitrogen and oxygen atoms in total. The van der Waals surface area contributed by atoms with Gasteiger partial charge in [-0.2, -0.15) is 0 Å². The average molecular weight is 453 g/mol. The lowest BCUT2D eigenvalue weighted by Gasteiger charge is -2.19. The predicted molar refractivity (Wildman–Crippen MR) is 122 cm³/mol. The molecule has 0 saturated carbocycles. The summed E-state index contributed by atoms with van der Waals surface area (Å²) in [5, 5.41) is 24.4. The molecular weight excluding hydrogens is 429 g/mol. The van der Waals surface area contributed by atoms with Crippen LogP contribution >= 0.6 is 0 Å². The molecule has 0 unspecified atom stereocenters. The van der Waals surface area contributed by atoms with Crippen LogP contribution in [0.4, 0.5) is 14.9 Å². The number of halogens is 1. The zero-order chi connectivity index (χ0) is 24.3. The van der Waals surface area contributed by atoms with Gasteiger partial charge in [0.05, 0.1) is 12.5 Å². The van der Waals surface area contributed by atoms with Crippen LogP contribution in [0.2, 0.25) is 0 Å². The number of nitrogens with one attached hydrogen (secondary N) is 2. The second kappa shape index (κ2) is 9.56. The maximum Gasteiger partial charge on any atom is 0.319 e. The second-order valence-corrected chi connectivity index (χ2v) is 7.79. The lowest BCUT2D eigenvalue weighted by Crippen LogP contribution is -2.36. The highest BCUT2D eigenvalue weighted by Crippen LogP contribution is 2.27. The quantitative estimate of drug-likeness (QED) is 0.452. The number of hydrogen-bond acceptors (Lipinski definition) is 4. The molecule has 4 N–H and O–H groups in total. The first-order valence-electron chi connectivity index (χ1n) is 10.1. The molecule has 1 aromatic heterocycles. The number of hydrogen-bond donors (Lipinski definition) is 4. The number of carboxylic acids is 1. The molecule has 3 aromatic rings. The molecule has 2 amide bonds. The third-order valence-corrected chi connectivity index (χ3v) is 5.23. The first-order chi connectivity index (χ1) is 15.6. The molecule has 1 heterocycles. The Balaban J connectivity index is 1.89. The van der Waals surface area contributed by atoms with Gasteiger partial charge < -0.3 is 25.4 Å². The van der Waals surface area contributed by atoms with Crippen LogP contribution in [0, 0.1) is 19.7 Å². The van der Waals surface area contributed by atoms with E-state index in [1.807, 2.05) is 0 Å². The molecule has 2 aromatic carbocycles. The number of carbonyl (C=O) groups excluding carboxylic acids is 1. The lowest BCUT2D eigenvalue weighted by molar-refractivity contribution is -0.137. The molecule has 0 spiro atoms. The van der Waals surface area contributed by atoms with Crippen LogP contribution in [0.25, 0.3) is 11.1 Å². The van der Waals surface area contributed by atoms with Gasteiger partial charge in [-0.05, 0) is 54.3 Å². The minimum Gasteiger partial charge on any atom is -0.505 e. The molecule has 9 heteroatoms. The first kappa shape index (κ1) is 23.5. The third-order valence-electron chi connectivity index (χ3n) is 5.23. The number of benzene rings is 2. The third kappa shape index (κ3) is 5.38. The van der Waals surface area contributed by atoms with Crippen molar-refractivity contribution in [2.45, 2.75) is 26.3 Å². The van der Waals surface area contributed by atoms with E-state index in [1.165, 1.54) is 23.9 Å². The van der Waals surface area contributed by atoms with Crippen LogP contribution in [0.3, 0.4) is 0 Å². The number of anilines is 1. The molecule has 0 aliphatic heterocycles. The van der Waals surface area contributed by atoms with E-state index in [2.05, 4.69) is 10.6 Å². The van der Waals surface area contributed by atoms with E-state index in [9.17, 15) is 29.0 Å². The highest BCUT2D eigenvalue weighted by Gasteiger charge is 2.21. The van der Waals surface area contributed by atoms with Crippen LogP contribution in [-0.2, 0) is 11.8 Å². The van der Waals surface area contributed by atoms with E-state index in [0.29, 0.717) is 16.7 Å². The SMILES string of the molecule is Cc1cc(-c2cccc([C@H](CC(=O)O)NC(=O)Nc3c(O)c(C)cn(C)c3=O)c2)ccc1F. The van der Waals surface area contributed by atoms with Gasteiger partial charge in [-0.1, -0.05) is 24.3 Å². The zero-order valence-electron chi connectivity index (χ0n) is 18.3. The molecule has 0 saturated heterocycles. The predicted octanol–water partition coefficient (Wildman–Crippen LogP) is 3.85. The van der Waals surface area contributed by atoms with Crippen LogP contribution in [0.5, 0.6) is 5.75 Å². The molecule has 0 bridgehead atoms. The Labute approximate surface area is 189 Å². The van der Waals surface area contributed by atoms with Crippen molar-refractivity contribution in [3.05, 3.63) is 81.5 Å². The Bertz CT molecular complexity index is 1290. The summed E-state index contributed by atoms with van der Waals surface area (Å²) in [5.74, 6) is -1.84. The Kier molecular flexibility index (Phi) is 6.81. The van der Waals surface area contributed by atoms with Crippen LogP contribution in [0.15, 0.2) is 53.5 Å². The number of rotatable bonds is 6. The number of urea groups is 1. The fraction of sp³-hybridized carbons (Fsp3) is 0.208. The highest BCUT2D eigenvalue weighted by molar-refractivity contribution is 5.91. The summed E-state index contributed by atoms with van der Waals surface area (Å²) in [6.45, 7) is 3.22. The van der Waals surface area contributed by atoms with Crippen LogP contribution in [0.1, 0.15) is 29.2 Å². The van der Waals surface area contributed by atoms with E-state index in [4.69, 9.17) is 0 Å². The molecule has 0 radical (unpaired) electrons. The number of nitrogens with zero attached hydrogens (tertiary/aromatic N) is 1. The summed E-state index contributed by atoms with van der Waals surface area (Å²) >= 11 is 0. The number of aryl methyl sites for hydroxylation is 3. The summed E-state index contributed by atoms with van der Waals surface area (Å²) in [6.07, 6.45) is 1.01. The Morgan fingerprint density at radius 3 is 2.45 bits per heavy atom. The van der Waals surface area contributed by atoms with E-state index >= 15 is 0 Å². The van der Waals surface area contributed by atoms with Crippen molar-refractivity contribution >= 4 is 17.7 Å². The van der Waals surface area contributed by atoms with E-state index < -0.39 is 30.0 Å². The van der Waals surface area contributed by atoms with Crippen LogP contribution < -0.4 is 16.2 Å². The van der Waals surface area contributed by atoms with E-state index in [0.717, 1.165) is 11.1 Å². The number of aliphatic carboxylic acids is 1. The Morgan fingerprint density at radius 2 is 1.79 bits per heavy atom. The molecule has 172 valence electrons. The molecule has 0 fully saturated rings. The van der Waals surface area contributed by atoms with E-state index in [-0.39, 0.29) is 17.3 Å². The fourth-order valence-corrected chi connectivity index (χ4v) is 3.49. The van der Waals surface area contributed by atoms with Crippen molar-refractivity contribution in [2.75, 3.05) is 5.32 Å². The summed E-state index contributed by atoms with van der Waals surface area (Å²) < 4.78 is 14.8. The van der Waals surface area contributed by atoms with Gasteiger partial charge in [0.1, 0.15) is 11.6 Å². The summed E-state index contributed by atoms with van der Waals surface area (Å²) in [6, 6.07) is 9.75. The van der Waals surface area contributed by atoms with Crippen molar-refractivity contribution in [3.8, 4) is 16.9 Å². The second-order valence-electron chi connectivity index (χ2n) is 7.79. The monoisotopic (exact) mass is 453 g/mol. The van der Waals surface area contributed by atoms with Gasteiger partial charge in [0.25, 0.3) is 5.56 Å². The van der Waals surface area contributed by atoms with Crippen molar-refractivity contribution in [3.63, 3.8) is 0 Å². The maximum absolute atomic E-state index is 13.6. The van der Waals surface area contributed by atoms with Gasteiger partial charge >= 0.3 is 12.0 Å². The molecule has 33 heavy (non-hydrogen) atoms. The number of aromatic nitrogens is 1. The highest BCUT2D eigenvalue weighted by atomic mass is 19.1. The van der Waals surface area contributed by atoms with Gasteiger partial charge in [-0.25, -0.2) is 9.18 Å². The molecule has 1 atom stereocenters. The number of pyridine rings is 1. The molecule has 0 aliphatic carbocycles. The normalized spacial score (nSPS) is 11.6. The van der Waals surface area contributed by atoms with Gasteiger partial charge in [0, 0.05) is 18.8 Å². The van der Waals surface area contributed by atoms with Gasteiger partial charge in [-0.15, -0.1) is 0 Å². The summed E-state index contributed by atoms with van der Waals surface area (Å²) in [5.41, 5.74) is 1.90. The largest absolute Gasteiger partial charge is 0.505 e. The number of carboxylic acid groups (broad SMARTS) is 1. The zero-order valence-corrected chi connectivity index (χ0v) is 18.3. The standard InChI is InChI=1S/C24H24FN3O5/c1-13-9-16(7-8-18(13)25)15-5-4-6-17(10-15)19(11-20(29)30)26-24(33)27-21-22(31)14(2)12-28(3)23(21)32/h4-10,12,19,31H,11H2,1-3H3,(H,29,30)(H2,26,27,33)/t19-/m0/s1. The first-order valence-corrected chi connectivity index (χ1v) is 10.1. The average Bonchev–Trinajstić information content (AvgIpc) is 2.76. The van der Waals surface area contributed by atoms with E-state index in [1.54, 1.807) is 50.2 Å². The molecule has 0 aliphatic rings. The number of carbonyl (C=O) groups is 2. The lowest BCUT2D eigenvalue weighted by atomic mass is 9.97. The maximum atomic E-state index is 13.6. The smallest absolute Gasteiger partial charge is 0.319 e. The summed E-state index contributed by atoms with van der Waals surface area (Å²) in [7, 11) is 1.48. The number of amides is 2.